The Morgan fingerprint density at radius 1 is 1.47 bits per heavy atom. The molecule has 3 nitrogen and oxygen atoms in total. The standard InChI is InChI=1S/C16H22N2O/c1-2-8-16(9-10-16)12-18-15(19)7-6-13-4-3-5-14(17)11-13/h3-7,11H,2,8-10,12,17H2,1H3,(H,18,19)/b7-6+. The van der Waals surface area contributed by atoms with Crippen molar-refractivity contribution >= 4 is 17.7 Å². The van der Waals surface area contributed by atoms with E-state index in [1.807, 2.05) is 24.3 Å². The summed E-state index contributed by atoms with van der Waals surface area (Å²) >= 11 is 0. The van der Waals surface area contributed by atoms with Gasteiger partial charge in [-0.05, 0) is 48.4 Å². The molecule has 0 aromatic heterocycles. The average molecular weight is 258 g/mol. The van der Waals surface area contributed by atoms with Gasteiger partial charge in [-0.25, -0.2) is 0 Å². The van der Waals surface area contributed by atoms with Crippen molar-refractivity contribution in [2.75, 3.05) is 12.3 Å². The third-order valence-electron chi connectivity index (χ3n) is 3.71. The van der Waals surface area contributed by atoms with Gasteiger partial charge in [0.15, 0.2) is 0 Å². The molecule has 1 aromatic carbocycles. The predicted octanol–water partition coefficient (Wildman–Crippen LogP) is 2.98. The average Bonchev–Trinajstić information content (AvgIpc) is 3.15. The van der Waals surface area contributed by atoms with Crippen molar-refractivity contribution in [3.8, 4) is 0 Å². The maximum atomic E-state index is 11.8. The second-order valence-electron chi connectivity index (χ2n) is 5.47. The topological polar surface area (TPSA) is 55.1 Å². The number of nitrogen functional groups attached to an aromatic ring is 1. The summed E-state index contributed by atoms with van der Waals surface area (Å²) in [6.45, 7) is 3.00. The third-order valence-corrected chi connectivity index (χ3v) is 3.71. The molecule has 0 radical (unpaired) electrons. The molecule has 1 saturated carbocycles. The summed E-state index contributed by atoms with van der Waals surface area (Å²) in [6, 6.07) is 7.50. The minimum atomic E-state index is -0.0233. The summed E-state index contributed by atoms with van der Waals surface area (Å²) in [7, 11) is 0. The van der Waals surface area contributed by atoms with E-state index in [0.717, 1.165) is 12.1 Å². The first-order valence-electron chi connectivity index (χ1n) is 6.95. The maximum absolute atomic E-state index is 11.8. The van der Waals surface area contributed by atoms with E-state index in [4.69, 9.17) is 5.73 Å². The van der Waals surface area contributed by atoms with Crippen LogP contribution in [0.15, 0.2) is 30.3 Å². The van der Waals surface area contributed by atoms with Crippen molar-refractivity contribution < 1.29 is 4.79 Å². The van der Waals surface area contributed by atoms with Crippen LogP contribution in [-0.4, -0.2) is 12.5 Å². The van der Waals surface area contributed by atoms with Crippen LogP contribution in [0.5, 0.6) is 0 Å². The first-order valence-corrected chi connectivity index (χ1v) is 6.95. The lowest BCUT2D eigenvalue weighted by Gasteiger charge is -2.13. The van der Waals surface area contributed by atoms with Gasteiger partial charge < -0.3 is 11.1 Å². The van der Waals surface area contributed by atoms with Gasteiger partial charge in [-0.3, -0.25) is 4.79 Å². The monoisotopic (exact) mass is 258 g/mol. The van der Waals surface area contributed by atoms with E-state index in [9.17, 15) is 4.79 Å². The van der Waals surface area contributed by atoms with Crippen molar-refractivity contribution in [1.82, 2.24) is 5.32 Å². The van der Waals surface area contributed by atoms with E-state index in [0.29, 0.717) is 11.1 Å². The molecule has 1 amide bonds. The van der Waals surface area contributed by atoms with Crippen LogP contribution in [0.1, 0.15) is 38.2 Å². The van der Waals surface area contributed by atoms with Crippen LogP contribution < -0.4 is 11.1 Å². The number of carbonyl (C=O) groups is 1. The van der Waals surface area contributed by atoms with Gasteiger partial charge in [-0.2, -0.15) is 0 Å². The highest BCUT2D eigenvalue weighted by Gasteiger charge is 2.41. The molecule has 102 valence electrons. The van der Waals surface area contributed by atoms with Crippen LogP contribution in [0, 0.1) is 5.41 Å². The van der Waals surface area contributed by atoms with Gasteiger partial charge in [-0.1, -0.05) is 25.5 Å². The van der Waals surface area contributed by atoms with Crippen LogP contribution in [-0.2, 0) is 4.79 Å². The minimum Gasteiger partial charge on any atom is -0.399 e. The van der Waals surface area contributed by atoms with Crippen LogP contribution >= 0.6 is 0 Å². The number of hydrogen-bond acceptors (Lipinski definition) is 2. The normalized spacial score (nSPS) is 16.5. The largest absolute Gasteiger partial charge is 0.399 e. The molecule has 2 rings (SSSR count). The third kappa shape index (κ3) is 4.12. The van der Waals surface area contributed by atoms with E-state index >= 15 is 0 Å². The lowest BCUT2D eigenvalue weighted by molar-refractivity contribution is -0.116. The molecule has 1 fully saturated rings. The number of rotatable bonds is 6. The molecule has 1 aliphatic rings. The number of nitrogens with one attached hydrogen (secondary N) is 1. The molecule has 3 heteroatoms. The van der Waals surface area contributed by atoms with Gasteiger partial charge >= 0.3 is 0 Å². The van der Waals surface area contributed by atoms with Crippen molar-refractivity contribution in [2.45, 2.75) is 32.6 Å². The highest BCUT2D eigenvalue weighted by molar-refractivity contribution is 5.91. The van der Waals surface area contributed by atoms with Crippen LogP contribution in [0.4, 0.5) is 5.69 Å². The van der Waals surface area contributed by atoms with Gasteiger partial charge in [-0.15, -0.1) is 0 Å². The van der Waals surface area contributed by atoms with E-state index in [1.54, 1.807) is 12.2 Å². The molecule has 0 atom stereocenters. The molecule has 0 unspecified atom stereocenters. The van der Waals surface area contributed by atoms with E-state index in [-0.39, 0.29) is 5.91 Å². The van der Waals surface area contributed by atoms with E-state index < -0.39 is 0 Å². The number of amides is 1. The van der Waals surface area contributed by atoms with Crippen molar-refractivity contribution in [3.05, 3.63) is 35.9 Å². The fourth-order valence-electron chi connectivity index (χ4n) is 2.39. The molecule has 0 saturated heterocycles. The lowest BCUT2D eigenvalue weighted by atomic mass is 10.0. The summed E-state index contributed by atoms with van der Waals surface area (Å²) < 4.78 is 0. The Hall–Kier alpha value is -1.77. The quantitative estimate of drug-likeness (QED) is 0.609. The molecule has 19 heavy (non-hydrogen) atoms. The number of carbonyl (C=O) groups excluding carboxylic acids is 1. The fraction of sp³-hybridized carbons (Fsp3) is 0.438. The first-order chi connectivity index (χ1) is 9.13. The molecule has 3 N–H and O–H groups in total. The first kappa shape index (κ1) is 13.7. The van der Waals surface area contributed by atoms with Gasteiger partial charge in [0, 0.05) is 18.3 Å². The molecule has 1 aromatic rings. The SMILES string of the molecule is CCCC1(CNC(=O)/C=C/c2cccc(N)c2)CC1. The Morgan fingerprint density at radius 3 is 2.89 bits per heavy atom. The summed E-state index contributed by atoms with van der Waals surface area (Å²) in [5.74, 6) is -0.0233. The smallest absolute Gasteiger partial charge is 0.244 e. The van der Waals surface area contributed by atoms with Gasteiger partial charge in [0.25, 0.3) is 0 Å². The number of nitrogens with two attached hydrogens (primary N) is 1. The van der Waals surface area contributed by atoms with Gasteiger partial charge in [0.1, 0.15) is 0 Å². The van der Waals surface area contributed by atoms with Crippen LogP contribution in [0.2, 0.25) is 0 Å². The summed E-state index contributed by atoms with van der Waals surface area (Å²) in [5.41, 5.74) is 7.75. The molecular weight excluding hydrogens is 236 g/mol. The van der Waals surface area contributed by atoms with Gasteiger partial charge in [0.05, 0.1) is 0 Å². The summed E-state index contributed by atoms with van der Waals surface area (Å²) in [6.07, 6.45) is 8.28. The summed E-state index contributed by atoms with van der Waals surface area (Å²) in [5, 5.41) is 3.00. The lowest BCUT2D eigenvalue weighted by Crippen LogP contribution is -2.28. The Balaban J connectivity index is 1.81. The van der Waals surface area contributed by atoms with Gasteiger partial charge in [0.2, 0.25) is 5.91 Å². The molecule has 0 bridgehead atoms. The Labute approximate surface area is 114 Å². The van der Waals surface area contributed by atoms with Crippen molar-refractivity contribution in [3.63, 3.8) is 0 Å². The molecule has 0 spiro atoms. The van der Waals surface area contributed by atoms with Crippen molar-refractivity contribution in [1.29, 1.82) is 0 Å². The molecule has 0 heterocycles. The highest BCUT2D eigenvalue weighted by Crippen LogP contribution is 2.48. The van der Waals surface area contributed by atoms with Crippen LogP contribution in [0.3, 0.4) is 0 Å². The molecule has 1 aliphatic carbocycles. The Kier molecular flexibility index (Phi) is 4.25. The van der Waals surface area contributed by atoms with Crippen molar-refractivity contribution in [2.24, 2.45) is 5.41 Å². The second kappa shape index (κ2) is 5.91. The number of benzene rings is 1. The zero-order chi connectivity index (χ0) is 13.7. The molecular formula is C16H22N2O. The summed E-state index contributed by atoms with van der Waals surface area (Å²) in [4.78, 5) is 11.8. The van der Waals surface area contributed by atoms with E-state index in [1.165, 1.54) is 25.7 Å². The zero-order valence-corrected chi connectivity index (χ0v) is 11.5. The maximum Gasteiger partial charge on any atom is 0.244 e. The molecule has 0 aliphatic heterocycles. The predicted molar refractivity (Wildman–Crippen MR) is 79.5 cm³/mol. The second-order valence-corrected chi connectivity index (χ2v) is 5.47. The number of anilines is 1. The van der Waals surface area contributed by atoms with Crippen LogP contribution in [0.25, 0.3) is 6.08 Å². The minimum absolute atomic E-state index is 0.0233. The Morgan fingerprint density at radius 2 is 2.26 bits per heavy atom. The fourth-order valence-corrected chi connectivity index (χ4v) is 2.39. The zero-order valence-electron chi connectivity index (χ0n) is 11.5. The highest BCUT2D eigenvalue weighted by atomic mass is 16.1. The number of hydrogen-bond donors (Lipinski definition) is 2. The van der Waals surface area contributed by atoms with E-state index in [2.05, 4.69) is 12.2 Å². The Bertz CT molecular complexity index is 475.